The average molecular weight is 182 g/mol. The van der Waals surface area contributed by atoms with Gasteiger partial charge in [-0.25, -0.2) is 9.97 Å². The summed E-state index contributed by atoms with van der Waals surface area (Å²) in [5, 5.41) is 8.75. The summed E-state index contributed by atoms with van der Waals surface area (Å²) in [6.07, 6.45) is 4.08. The van der Waals surface area contributed by atoms with Crippen LogP contribution in [0.3, 0.4) is 0 Å². The second kappa shape index (κ2) is 4.89. The molecule has 0 bridgehead atoms. The highest BCUT2D eigenvalue weighted by molar-refractivity contribution is 5.03. The molecule has 1 unspecified atom stereocenters. The molecule has 4 heteroatoms. The lowest BCUT2D eigenvalue weighted by atomic mass is 10.2. The summed E-state index contributed by atoms with van der Waals surface area (Å²) in [7, 11) is 1.66. The lowest BCUT2D eigenvalue weighted by molar-refractivity contribution is 0.117. The van der Waals surface area contributed by atoms with Crippen LogP contribution in [0.5, 0.6) is 0 Å². The van der Waals surface area contributed by atoms with Crippen LogP contribution in [0.2, 0.25) is 0 Å². The summed E-state index contributed by atoms with van der Waals surface area (Å²) >= 11 is 0. The van der Waals surface area contributed by atoms with Gasteiger partial charge in [-0.15, -0.1) is 0 Å². The van der Waals surface area contributed by atoms with E-state index in [1.165, 1.54) is 0 Å². The van der Waals surface area contributed by atoms with E-state index in [1.54, 1.807) is 19.5 Å². The Bertz CT molecular complexity index is 248. The molecule has 72 valence electrons. The molecule has 0 radical (unpaired) electrons. The largest absolute Gasteiger partial charge is 0.392 e. The molecule has 1 aromatic heterocycles. The Morgan fingerprint density at radius 2 is 2.08 bits per heavy atom. The van der Waals surface area contributed by atoms with Crippen molar-refractivity contribution < 1.29 is 9.84 Å². The molecule has 0 aromatic carbocycles. The molecular formula is C9H14N2O2. The predicted molar refractivity (Wildman–Crippen MR) is 48.1 cm³/mol. The van der Waals surface area contributed by atoms with Gasteiger partial charge in [0.1, 0.15) is 5.82 Å². The molecule has 0 amide bonds. The SMILES string of the molecule is COC(C)Cc1ncc(CO)cn1. The first kappa shape index (κ1) is 10.1. The maximum Gasteiger partial charge on any atom is 0.130 e. The van der Waals surface area contributed by atoms with E-state index in [1.807, 2.05) is 6.92 Å². The molecule has 13 heavy (non-hydrogen) atoms. The highest BCUT2D eigenvalue weighted by atomic mass is 16.5. The van der Waals surface area contributed by atoms with E-state index in [9.17, 15) is 0 Å². The number of hydrogen-bond acceptors (Lipinski definition) is 4. The Balaban J connectivity index is 2.58. The van der Waals surface area contributed by atoms with Gasteiger partial charge in [0.2, 0.25) is 0 Å². The molecule has 0 saturated heterocycles. The summed E-state index contributed by atoms with van der Waals surface area (Å²) < 4.78 is 5.08. The van der Waals surface area contributed by atoms with E-state index in [0.717, 1.165) is 11.4 Å². The molecule has 0 fully saturated rings. The first-order valence-electron chi connectivity index (χ1n) is 4.19. The Morgan fingerprint density at radius 3 is 2.54 bits per heavy atom. The minimum Gasteiger partial charge on any atom is -0.392 e. The maximum atomic E-state index is 8.75. The summed E-state index contributed by atoms with van der Waals surface area (Å²) in [4.78, 5) is 8.17. The topological polar surface area (TPSA) is 55.2 Å². The highest BCUT2D eigenvalue weighted by Gasteiger charge is 2.03. The van der Waals surface area contributed by atoms with Crippen LogP contribution < -0.4 is 0 Å². The number of aromatic nitrogens is 2. The van der Waals surface area contributed by atoms with Gasteiger partial charge >= 0.3 is 0 Å². The number of nitrogens with zero attached hydrogens (tertiary/aromatic N) is 2. The molecule has 1 rings (SSSR count). The number of aliphatic hydroxyl groups excluding tert-OH is 1. The van der Waals surface area contributed by atoms with Gasteiger partial charge in [0.15, 0.2) is 0 Å². The first-order valence-corrected chi connectivity index (χ1v) is 4.19. The molecule has 0 spiro atoms. The summed E-state index contributed by atoms with van der Waals surface area (Å²) in [5.74, 6) is 0.742. The third-order valence-corrected chi connectivity index (χ3v) is 1.81. The third-order valence-electron chi connectivity index (χ3n) is 1.81. The summed E-state index contributed by atoms with van der Waals surface area (Å²) in [6, 6.07) is 0. The smallest absolute Gasteiger partial charge is 0.130 e. The van der Waals surface area contributed by atoms with Gasteiger partial charge in [0.05, 0.1) is 12.7 Å². The van der Waals surface area contributed by atoms with Gasteiger partial charge in [0, 0.05) is 31.5 Å². The highest BCUT2D eigenvalue weighted by Crippen LogP contribution is 2.00. The van der Waals surface area contributed by atoms with E-state index in [2.05, 4.69) is 9.97 Å². The Hall–Kier alpha value is -1.00. The predicted octanol–water partition coefficient (Wildman–Crippen LogP) is 0.546. The van der Waals surface area contributed by atoms with Crippen molar-refractivity contribution in [2.75, 3.05) is 7.11 Å². The van der Waals surface area contributed by atoms with E-state index >= 15 is 0 Å². The third kappa shape index (κ3) is 3.08. The molecule has 0 aliphatic carbocycles. The van der Waals surface area contributed by atoms with Crippen LogP contribution in [0.4, 0.5) is 0 Å². The number of aliphatic hydroxyl groups is 1. The van der Waals surface area contributed by atoms with Gasteiger partial charge in [-0.3, -0.25) is 0 Å². The van der Waals surface area contributed by atoms with Gasteiger partial charge in [0.25, 0.3) is 0 Å². The van der Waals surface area contributed by atoms with E-state index < -0.39 is 0 Å². The van der Waals surface area contributed by atoms with Crippen molar-refractivity contribution in [1.29, 1.82) is 0 Å². The standard InChI is InChI=1S/C9H14N2O2/c1-7(13-2)3-9-10-4-8(6-12)5-11-9/h4-5,7,12H,3,6H2,1-2H3. The van der Waals surface area contributed by atoms with Crippen LogP contribution in [0.15, 0.2) is 12.4 Å². The number of hydrogen-bond donors (Lipinski definition) is 1. The van der Waals surface area contributed by atoms with Crippen LogP contribution in [-0.4, -0.2) is 28.3 Å². The zero-order valence-corrected chi connectivity index (χ0v) is 7.90. The monoisotopic (exact) mass is 182 g/mol. The molecule has 0 saturated carbocycles. The van der Waals surface area contributed by atoms with Crippen molar-refractivity contribution in [3.63, 3.8) is 0 Å². The van der Waals surface area contributed by atoms with Crippen molar-refractivity contribution in [3.8, 4) is 0 Å². The Labute approximate surface area is 77.6 Å². The quantitative estimate of drug-likeness (QED) is 0.738. The zero-order chi connectivity index (χ0) is 9.68. The minimum absolute atomic E-state index is 0.0138. The molecular weight excluding hydrogens is 168 g/mol. The van der Waals surface area contributed by atoms with E-state index in [0.29, 0.717) is 6.42 Å². The molecule has 4 nitrogen and oxygen atoms in total. The van der Waals surface area contributed by atoms with Crippen molar-refractivity contribution in [1.82, 2.24) is 9.97 Å². The number of rotatable bonds is 4. The summed E-state index contributed by atoms with van der Waals surface area (Å²) in [5.41, 5.74) is 0.730. The maximum absolute atomic E-state index is 8.75. The minimum atomic E-state index is -0.0138. The Morgan fingerprint density at radius 1 is 1.46 bits per heavy atom. The van der Waals surface area contributed by atoms with E-state index in [4.69, 9.17) is 9.84 Å². The molecule has 0 aliphatic heterocycles. The second-order valence-corrected chi connectivity index (χ2v) is 2.92. The second-order valence-electron chi connectivity index (χ2n) is 2.92. The van der Waals surface area contributed by atoms with Crippen LogP contribution in [0, 0.1) is 0 Å². The average Bonchev–Trinajstić information content (AvgIpc) is 2.19. The number of methoxy groups -OCH3 is 1. The fraction of sp³-hybridized carbons (Fsp3) is 0.556. The molecule has 0 aliphatic rings. The Kier molecular flexibility index (Phi) is 3.79. The van der Waals surface area contributed by atoms with Gasteiger partial charge in [-0.05, 0) is 6.92 Å². The summed E-state index contributed by atoms with van der Waals surface area (Å²) in [6.45, 7) is 1.95. The van der Waals surface area contributed by atoms with Crippen LogP contribution in [0.25, 0.3) is 0 Å². The van der Waals surface area contributed by atoms with Crippen molar-refractivity contribution >= 4 is 0 Å². The lowest BCUT2D eigenvalue weighted by Gasteiger charge is -2.07. The van der Waals surface area contributed by atoms with Crippen molar-refractivity contribution in [2.24, 2.45) is 0 Å². The van der Waals surface area contributed by atoms with Gasteiger partial charge in [-0.2, -0.15) is 0 Å². The molecule has 1 heterocycles. The lowest BCUT2D eigenvalue weighted by Crippen LogP contribution is -2.11. The normalized spacial score (nSPS) is 12.8. The van der Waals surface area contributed by atoms with Gasteiger partial charge in [-0.1, -0.05) is 0 Å². The molecule has 1 atom stereocenters. The van der Waals surface area contributed by atoms with Crippen LogP contribution in [-0.2, 0) is 17.8 Å². The van der Waals surface area contributed by atoms with Crippen LogP contribution in [0.1, 0.15) is 18.3 Å². The van der Waals surface area contributed by atoms with Crippen LogP contribution >= 0.6 is 0 Å². The fourth-order valence-electron chi connectivity index (χ4n) is 0.909. The van der Waals surface area contributed by atoms with Crippen molar-refractivity contribution in [2.45, 2.75) is 26.1 Å². The first-order chi connectivity index (χ1) is 6.26. The van der Waals surface area contributed by atoms with Gasteiger partial charge < -0.3 is 9.84 Å². The molecule has 1 aromatic rings. The van der Waals surface area contributed by atoms with E-state index in [-0.39, 0.29) is 12.7 Å². The zero-order valence-electron chi connectivity index (χ0n) is 7.90. The number of ether oxygens (including phenoxy) is 1. The fourth-order valence-corrected chi connectivity index (χ4v) is 0.909. The molecule has 1 N–H and O–H groups in total. The van der Waals surface area contributed by atoms with Crippen molar-refractivity contribution in [3.05, 3.63) is 23.8 Å².